The smallest absolute Gasteiger partial charge is 0.177 e. The van der Waals surface area contributed by atoms with Crippen LogP contribution in [0.15, 0.2) is 12.3 Å². The number of nitrogens with two attached hydrogens (primary N) is 1. The highest BCUT2D eigenvalue weighted by Crippen LogP contribution is 2.45. The topological polar surface area (TPSA) is 82.4 Å². The molecule has 0 saturated carbocycles. The summed E-state index contributed by atoms with van der Waals surface area (Å²) in [6, 6.07) is 1.41. The minimum absolute atomic E-state index is 0.0354. The molecule has 2 aromatic rings. The predicted octanol–water partition coefficient (Wildman–Crippen LogP) is 1.82. The highest BCUT2D eigenvalue weighted by molar-refractivity contribution is 5.82. The zero-order valence-electron chi connectivity index (χ0n) is 10.8. The molecule has 0 atom stereocenters. The quantitative estimate of drug-likeness (QED) is 0.883. The van der Waals surface area contributed by atoms with E-state index < -0.39 is 5.82 Å². The SMILES string of the molecule is COc1cc(OC)c(OC)c(-c2cn[nH]c2N)c1F. The molecular weight excluding hydrogens is 253 g/mol. The van der Waals surface area contributed by atoms with Crippen LogP contribution in [0.25, 0.3) is 11.1 Å². The molecule has 0 unspecified atom stereocenters. The number of hydrogen-bond acceptors (Lipinski definition) is 5. The maximum atomic E-state index is 14.4. The third-order valence-electron chi connectivity index (χ3n) is 2.73. The molecule has 0 aliphatic rings. The van der Waals surface area contributed by atoms with Crippen molar-refractivity contribution in [1.29, 1.82) is 0 Å². The molecule has 0 bridgehead atoms. The van der Waals surface area contributed by atoms with Gasteiger partial charge in [0.25, 0.3) is 0 Å². The number of anilines is 1. The Labute approximate surface area is 109 Å². The van der Waals surface area contributed by atoms with Crippen molar-refractivity contribution in [2.75, 3.05) is 27.1 Å². The molecule has 0 aliphatic heterocycles. The minimum Gasteiger partial charge on any atom is -0.494 e. The average molecular weight is 267 g/mol. The van der Waals surface area contributed by atoms with E-state index in [2.05, 4.69) is 10.2 Å². The number of H-pyrrole nitrogens is 1. The number of nitrogen functional groups attached to an aromatic ring is 1. The van der Waals surface area contributed by atoms with Crippen LogP contribution in [-0.4, -0.2) is 31.5 Å². The number of aromatic nitrogens is 2. The molecule has 0 saturated heterocycles. The Morgan fingerprint density at radius 3 is 2.32 bits per heavy atom. The number of nitrogens with zero attached hydrogens (tertiary/aromatic N) is 1. The first kappa shape index (κ1) is 13.0. The van der Waals surface area contributed by atoms with Crippen LogP contribution < -0.4 is 19.9 Å². The molecule has 6 nitrogen and oxygen atoms in total. The van der Waals surface area contributed by atoms with Crippen LogP contribution >= 0.6 is 0 Å². The summed E-state index contributed by atoms with van der Waals surface area (Å²) in [6.07, 6.45) is 1.41. The molecular formula is C12H14FN3O3. The first-order chi connectivity index (χ1) is 9.13. The molecule has 0 amide bonds. The largest absolute Gasteiger partial charge is 0.494 e. The predicted molar refractivity (Wildman–Crippen MR) is 68.1 cm³/mol. The van der Waals surface area contributed by atoms with E-state index in [1.54, 1.807) is 0 Å². The van der Waals surface area contributed by atoms with Crippen molar-refractivity contribution >= 4 is 5.82 Å². The van der Waals surface area contributed by atoms with Crippen molar-refractivity contribution in [2.24, 2.45) is 0 Å². The maximum absolute atomic E-state index is 14.4. The number of benzene rings is 1. The fourth-order valence-electron chi connectivity index (χ4n) is 1.83. The van der Waals surface area contributed by atoms with Crippen LogP contribution in [0.3, 0.4) is 0 Å². The van der Waals surface area contributed by atoms with Crippen LogP contribution in [0.4, 0.5) is 10.2 Å². The molecule has 3 N–H and O–H groups in total. The number of rotatable bonds is 4. The van der Waals surface area contributed by atoms with Crippen molar-refractivity contribution in [3.8, 4) is 28.4 Å². The van der Waals surface area contributed by atoms with E-state index in [4.69, 9.17) is 19.9 Å². The Morgan fingerprint density at radius 2 is 1.84 bits per heavy atom. The van der Waals surface area contributed by atoms with Crippen molar-refractivity contribution < 1.29 is 18.6 Å². The molecule has 102 valence electrons. The standard InChI is InChI=1S/C12H14FN3O3/c1-17-7-4-8(18-2)11(19-3)9(10(7)13)6-5-15-16-12(6)14/h4-5H,1-3H3,(H3,14,15,16). The van der Waals surface area contributed by atoms with Gasteiger partial charge in [-0.15, -0.1) is 0 Å². The van der Waals surface area contributed by atoms with Gasteiger partial charge in [0.15, 0.2) is 23.1 Å². The van der Waals surface area contributed by atoms with Crippen LogP contribution in [0.5, 0.6) is 17.2 Å². The molecule has 2 rings (SSSR count). The zero-order valence-corrected chi connectivity index (χ0v) is 10.8. The second-order valence-corrected chi connectivity index (χ2v) is 3.70. The lowest BCUT2D eigenvalue weighted by molar-refractivity contribution is 0.341. The summed E-state index contributed by atoms with van der Waals surface area (Å²) in [5.74, 6) is 0.249. The molecule has 0 fully saturated rings. The summed E-state index contributed by atoms with van der Waals surface area (Å²) in [4.78, 5) is 0. The summed E-state index contributed by atoms with van der Waals surface area (Å²) >= 11 is 0. The van der Waals surface area contributed by atoms with Crippen LogP contribution in [-0.2, 0) is 0 Å². The third-order valence-corrected chi connectivity index (χ3v) is 2.73. The van der Waals surface area contributed by atoms with Gasteiger partial charge >= 0.3 is 0 Å². The highest BCUT2D eigenvalue weighted by Gasteiger charge is 2.24. The summed E-state index contributed by atoms with van der Waals surface area (Å²) in [7, 11) is 4.24. The molecule has 1 aromatic carbocycles. The average Bonchev–Trinajstić information content (AvgIpc) is 2.84. The number of hydrogen-bond donors (Lipinski definition) is 2. The monoisotopic (exact) mass is 267 g/mol. The van der Waals surface area contributed by atoms with Crippen molar-refractivity contribution in [2.45, 2.75) is 0 Å². The Morgan fingerprint density at radius 1 is 1.16 bits per heavy atom. The van der Waals surface area contributed by atoms with Crippen LogP contribution in [0, 0.1) is 5.82 Å². The second-order valence-electron chi connectivity index (χ2n) is 3.70. The van der Waals surface area contributed by atoms with Gasteiger partial charge in [-0.05, 0) is 0 Å². The van der Waals surface area contributed by atoms with E-state index in [9.17, 15) is 4.39 Å². The van der Waals surface area contributed by atoms with Crippen LogP contribution in [0.2, 0.25) is 0 Å². The molecule has 0 radical (unpaired) electrons. The van der Waals surface area contributed by atoms with Gasteiger partial charge in [-0.3, -0.25) is 5.10 Å². The van der Waals surface area contributed by atoms with Crippen molar-refractivity contribution in [1.82, 2.24) is 10.2 Å². The van der Waals surface area contributed by atoms with Gasteiger partial charge < -0.3 is 19.9 Å². The second kappa shape index (κ2) is 5.05. The van der Waals surface area contributed by atoms with Gasteiger partial charge in [0.2, 0.25) is 0 Å². The molecule has 0 aliphatic carbocycles. The van der Waals surface area contributed by atoms with Crippen LogP contribution in [0.1, 0.15) is 0 Å². The van der Waals surface area contributed by atoms with E-state index in [-0.39, 0.29) is 22.9 Å². The summed E-state index contributed by atoms with van der Waals surface area (Å²) in [5.41, 5.74) is 6.25. The molecule has 1 aromatic heterocycles. The van der Waals surface area contributed by atoms with E-state index in [0.717, 1.165) is 0 Å². The maximum Gasteiger partial charge on any atom is 0.177 e. The van der Waals surface area contributed by atoms with E-state index in [1.807, 2.05) is 0 Å². The number of ether oxygens (including phenoxy) is 3. The van der Waals surface area contributed by atoms with Crippen molar-refractivity contribution in [3.05, 3.63) is 18.1 Å². The lowest BCUT2D eigenvalue weighted by Gasteiger charge is -2.15. The summed E-state index contributed by atoms with van der Waals surface area (Å²) in [5, 5.41) is 6.32. The summed E-state index contributed by atoms with van der Waals surface area (Å²) in [6.45, 7) is 0. The van der Waals surface area contributed by atoms with Gasteiger partial charge in [-0.2, -0.15) is 5.10 Å². The first-order valence-corrected chi connectivity index (χ1v) is 5.41. The van der Waals surface area contributed by atoms with E-state index in [0.29, 0.717) is 11.3 Å². The fourth-order valence-corrected chi connectivity index (χ4v) is 1.83. The van der Waals surface area contributed by atoms with Gasteiger partial charge in [0, 0.05) is 6.07 Å². The third kappa shape index (κ3) is 2.03. The Kier molecular flexibility index (Phi) is 3.46. The molecule has 1 heterocycles. The first-order valence-electron chi connectivity index (χ1n) is 5.41. The van der Waals surface area contributed by atoms with Gasteiger partial charge in [0.1, 0.15) is 5.82 Å². The minimum atomic E-state index is -0.590. The Hall–Kier alpha value is -2.44. The van der Waals surface area contributed by atoms with E-state index >= 15 is 0 Å². The highest BCUT2D eigenvalue weighted by atomic mass is 19.1. The number of halogens is 1. The van der Waals surface area contributed by atoms with Gasteiger partial charge in [-0.25, -0.2) is 4.39 Å². The Bertz CT molecular complexity index is 598. The normalized spacial score (nSPS) is 10.3. The van der Waals surface area contributed by atoms with Gasteiger partial charge in [-0.1, -0.05) is 0 Å². The van der Waals surface area contributed by atoms with E-state index in [1.165, 1.54) is 33.6 Å². The Balaban J connectivity index is 2.79. The zero-order chi connectivity index (χ0) is 14.0. The van der Waals surface area contributed by atoms with Gasteiger partial charge in [0.05, 0.1) is 38.7 Å². The number of methoxy groups -OCH3 is 3. The fraction of sp³-hybridized carbons (Fsp3) is 0.250. The summed E-state index contributed by atoms with van der Waals surface area (Å²) < 4.78 is 29.8. The lowest BCUT2D eigenvalue weighted by Crippen LogP contribution is -2.00. The molecule has 7 heteroatoms. The van der Waals surface area contributed by atoms with Crippen molar-refractivity contribution in [3.63, 3.8) is 0 Å². The number of nitrogens with one attached hydrogen (secondary N) is 1. The number of aromatic amines is 1. The molecule has 0 spiro atoms. The molecule has 19 heavy (non-hydrogen) atoms. The lowest BCUT2D eigenvalue weighted by atomic mass is 10.1.